The molecule has 1 unspecified atom stereocenters. The Labute approximate surface area is 331 Å². The first-order valence-electron chi connectivity index (χ1n) is 16.8. The highest BCUT2D eigenvalue weighted by atomic mass is 17.0. The first kappa shape index (κ1) is 43.5. The molecule has 0 aliphatic carbocycles. The first-order valence-corrected chi connectivity index (χ1v) is 16.8. The molecule has 59 heavy (non-hydrogen) atoms. The SMILES string of the molecule is CCOC(=O)C(C)(Cc1ccc(OC(=O)Oc2ccc(CO[N+](=O)[O-])cc2)c(OC(=O)Oc2ccc(CO[N+](=O)[O-])cc2)c1)NC(=O)Oc1ccc(CO[N+](=O)[O-])cc1. The molecular weight excluding hydrogens is 792 g/mol. The largest absolute Gasteiger partial charge is 0.519 e. The number of nitrogens with one attached hydrogen (secondary N) is 1. The molecule has 0 aromatic heterocycles. The summed E-state index contributed by atoms with van der Waals surface area (Å²) < 4.78 is 31.6. The second kappa shape index (κ2) is 20.6. The van der Waals surface area contributed by atoms with E-state index in [1.807, 2.05) is 0 Å². The van der Waals surface area contributed by atoms with E-state index in [1.165, 1.54) is 105 Å². The highest BCUT2D eigenvalue weighted by Crippen LogP contribution is 2.32. The van der Waals surface area contributed by atoms with Crippen LogP contribution in [0.15, 0.2) is 91.0 Å². The zero-order valence-electron chi connectivity index (χ0n) is 30.8. The lowest BCUT2D eigenvalue weighted by molar-refractivity contribution is -0.763. The van der Waals surface area contributed by atoms with E-state index in [9.17, 15) is 49.5 Å². The van der Waals surface area contributed by atoms with Gasteiger partial charge in [-0.05, 0) is 84.6 Å². The molecule has 0 saturated heterocycles. The van der Waals surface area contributed by atoms with E-state index in [4.69, 9.17) is 28.4 Å². The van der Waals surface area contributed by atoms with Gasteiger partial charge in [-0.3, -0.25) is 0 Å². The molecule has 4 aromatic rings. The number of benzene rings is 4. The van der Waals surface area contributed by atoms with Crippen LogP contribution in [0.3, 0.4) is 0 Å². The summed E-state index contributed by atoms with van der Waals surface area (Å²) in [6.45, 7) is 1.73. The second-order valence-corrected chi connectivity index (χ2v) is 11.9. The molecule has 4 aromatic carbocycles. The van der Waals surface area contributed by atoms with Crippen molar-refractivity contribution in [2.24, 2.45) is 0 Å². The number of amides is 1. The predicted molar refractivity (Wildman–Crippen MR) is 192 cm³/mol. The number of rotatable bonds is 19. The molecule has 0 aliphatic heterocycles. The van der Waals surface area contributed by atoms with Gasteiger partial charge in [-0.1, -0.05) is 42.5 Å². The summed E-state index contributed by atoms with van der Waals surface area (Å²) in [7, 11) is 0. The molecule has 23 heteroatoms. The molecule has 0 spiro atoms. The number of carbonyl (C=O) groups is 4. The van der Waals surface area contributed by atoms with Crippen LogP contribution >= 0.6 is 0 Å². The molecular formula is C36H32N4O19. The number of nitrogens with zero attached hydrogens (tertiary/aromatic N) is 3. The molecule has 310 valence electrons. The van der Waals surface area contributed by atoms with E-state index < -0.39 is 50.9 Å². The van der Waals surface area contributed by atoms with Crippen LogP contribution in [-0.2, 0) is 50.3 Å². The van der Waals surface area contributed by atoms with Crippen molar-refractivity contribution in [2.45, 2.75) is 45.6 Å². The summed E-state index contributed by atoms with van der Waals surface area (Å²) in [6.07, 6.45) is -4.06. The standard InChI is InChI=1S/C36H32N4O19/c1-3-51-32(41)36(2,37-33(42)55-27-11-4-23(5-12-27)20-52-38(45)46)19-26-10-17-30(58-34(43)56-28-13-6-24(7-14-28)21-53-39(47)48)31(18-26)59-35(44)57-29-15-8-25(9-16-29)22-54-40(49)50/h4-18H,3,19-22H2,1-2H3,(H,37,42). The minimum Gasteiger partial charge on any atom is -0.464 e. The summed E-state index contributed by atoms with van der Waals surface area (Å²) in [6, 6.07) is 20.1. The summed E-state index contributed by atoms with van der Waals surface area (Å²) >= 11 is 0. The molecule has 23 nitrogen and oxygen atoms in total. The monoisotopic (exact) mass is 824 g/mol. The lowest BCUT2D eigenvalue weighted by Gasteiger charge is -2.28. The third kappa shape index (κ3) is 14.4. The zero-order valence-corrected chi connectivity index (χ0v) is 30.8. The van der Waals surface area contributed by atoms with Crippen molar-refractivity contribution in [1.29, 1.82) is 0 Å². The van der Waals surface area contributed by atoms with Gasteiger partial charge in [0, 0.05) is 6.42 Å². The van der Waals surface area contributed by atoms with Crippen molar-refractivity contribution in [3.05, 3.63) is 144 Å². The van der Waals surface area contributed by atoms with Gasteiger partial charge in [0.25, 0.3) is 15.3 Å². The Hall–Kier alpha value is -8.24. The molecule has 0 bridgehead atoms. The number of ether oxygens (including phenoxy) is 6. The van der Waals surface area contributed by atoms with E-state index in [0.29, 0.717) is 16.7 Å². The predicted octanol–water partition coefficient (Wildman–Crippen LogP) is 5.62. The van der Waals surface area contributed by atoms with Crippen LogP contribution in [0.2, 0.25) is 0 Å². The quantitative estimate of drug-likeness (QED) is 0.0519. The minimum atomic E-state index is -1.83. The summed E-state index contributed by atoms with van der Waals surface area (Å²) in [5, 5.41) is 31.0. The van der Waals surface area contributed by atoms with E-state index in [-0.39, 0.29) is 61.4 Å². The van der Waals surface area contributed by atoms with Crippen molar-refractivity contribution in [3.8, 4) is 28.7 Å². The van der Waals surface area contributed by atoms with Crippen LogP contribution in [0.25, 0.3) is 0 Å². The maximum atomic E-state index is 13.2. The van der Waals surface area contributed by atoms with E-state index >= 15 is 0 Å². The van der Waals surface area contributed by atoms with Gasteiger partial charge in [-0.15, -0.1) is 30.3 Å². The normalized spacial score (nSPS) is 11.4. The average Bonchev–Trinajstić information content (AvgIpc) is 3.18. The van der Waals surface area contributed by atoms with Gasteiger partial charge in [0.1, 0.15) is 42.6 Å². The van der Waals surface area contributed by atoms with Crippen LogP contribution in [0, 0.1) is 30.3 Å². The topological polar surface area (TPSA) is 293 Å². The lowest BCUT2D eigenvalue weighted by Crippen LogP contribution is -2.55. The third-order valence-corrected chi connectivity index (χ3v) is 7.45. The van der Waals surface area contributed by atoms with Crippen molar-refractivity contribution in [3.63, 3.8) is 0 Å². The number of hydrogen-bond donors (Lipinski definition) is 1. The smallest absolute Gasteiger partial charge is 0.464 e. The van der Waals surface area contributed by atoms with Crippen LogP contribution in [0.5, 0.6) is 28.7 Å². The molecule has 0 saturated carbocycles. The van der Waals surface area contributed by atoms with Crippen LogP contribution in [-0.4, -0.2) is 51.8 Å². The van der Waals surface area contributed by atoms with Crippen LogP contribution in [0.1, 0.15) is 36.1 Å². The number of hydrogen-bond acceptors (Lipinski definition) is 19. The summed E-state index contributed by atoms with van der Waals surface area (Å²) in [4.78, 5) is 96.4. The van der Waals surface area contributed by atoms with Crippen LogP contribution < -0.4 is 29.0 Å². The fraction of sp³-hybridized carbons (Fsp3) is 0.222. The fourth-order valence-electron chi connectivity index (χ4n) is 4.81. The Morgan fingerprint density at radius 1 is 0.559 bits per heavy atom. The molecule has 0 radical (unpaired) electrons. The Morgan fingerprint density at radius 3 is 1.36 bits per heavy atom. The molecule has 0 aliphatic rings. The Morgan fingerprint density at radius 2 is 0.949 bits per heavy atom. The molecule has 1 atom stereocenters. The Balaban J connectivity index is 1.55. The molecule has 0 heterocycles. The van der Waals surface area contributed by atoms with Crippen LogP contribution in [0.4, 0.5) is 14.4 Å². The highest BCUT2D eigenvalue weighted by Gasteiger charge is 2.38. The first-order chi connectivity index (χ1) is 28.1. The Bertz CT molecular complexity index is 2150. The zero-order chi connectivity index (χ0) is 43.0. The summed E-state index contributed by atoms with van der Waals surface area (Å²) in [5.41, 5.74) is -0.445. The average molecular weight is 825 g/mol. The summed E-state index contributed by atoms with van der Waals surface area (Å²) in [5.74, 6) is -1.77. The van der Waals surface area contributed by atoms with Crippen molar-refractivity contribution in [2.75, 3.05) is 6.61 Å². The minimum absolute atomic E-state index is 0.0143. The Kier molecular flexibility index (Phi) is 15.2. The molecule has 1 N–H and O–H groups in total. The maximum absolute atomic E-state index is 13.2. The fourth-order valence-corrected chi connectivity index (χ4v) is 4.81. The van der Waals surface area contributed by atoms with Crippen molar-refractivity contribution in [1.82, 2.24) is 5.32 Å². The van der Waals surface area contributed by atoms with Gasteiger partial charge in [-0.25, -0.2) is 19.2 Å². The van der Waals surface area contributed by atoms with Gasteiger partial charge in [0.05, 0.1) is 6.61 Å². The number of esters is 1. The van der Waals surface area contributed by atoms with Crippen molar-refractivity contribution >= 4 is 24.4 Å². The van der Waals surface area contributed by atoms with Gasteiger partial charge < -0.3 is 48.3 Å². The van der Waals surface area contributed by atoms with E-state index in [0.717, 1.165) is 0 Å². The molecule has 4 rings (SSSR count). The van der Waals surface area contributed by atoms with Gasteiger partial charge in [-0.2, -0.15) is 0 Å². The van der Waals surface area contributed by atoms with Crippen molar-refractivity contribution < 1.29 is 77.4 Å². The number of carbonyl (C=O) groups excluding carboxylic acids is 4. The maximum Gasteiger partial charge on any atom is 0.519 e. The van der Waals surface area contributed by atoms with Gasteiger partial charge >= 0.3 is 24.4 Å². The van der Waals surface area contributed by atoms with Gasteiger partial charge in [0.15, 0.2) is 11.5 Å². The lowest BCUT2D eigenvalue weighted by atomic mass is 9.92. The third-order valence-electron chi connectivity index (χ3n) is 7.45. The molecule has 1 amide bonds. The van der Waals surface area contributed by atoms with E-state index in [2.05, 4.69) is 19.8 Å². The van der Waals surface area contributed by atoms with Gasteiger partial charge in [0.2, 0.25) is 0 Å². The highest BCUT2D eigenvalue weighted by molar-refractivity contribution is 5.86. The second-order valence-electron chi connectivity index (χ2n) is 11.9. The molecule has 0 fully saturated rings. The van der Waals surface area contributed by atoms with E-state index in [1.54, 1.807) is 0 Å².